The molecule has 6 saturated heterocycles. The Bertz CT molecular complexity index is 6910. The topological polar surface area (TPSA) is 346 Å². The standard InChI is InChI=1S/C16H16ClNO3S2.C15H15ClFN3O2S2.4C15H13ClFNO3S2/c1-11-9-12(17)4-5-13(11)16(19)18-6-8-23(20,21)15(10-18)14-3-2-7-22-14;16-11-8-10(3-4-12(11)17)19-15(21)20-5-7-24(18,22)14(9-20)13-2-1-6-23-13;2*16-11-4-1-3-10(14(11)17)15(19)18-6-8-23(20,21)13(9-18)12-5-2-7-22-12;2*16-11-6-10(7-12(17)8-11)15(19)18-3-5-23(20,21)14(9-18)13-2-1-4-22-13/h2-5,7,9,15H,6,8,10H2,1H3;1-4,6,8,14,18H,5,7,9H2,(H,19,21);2*1-5,7,13H,6,8-9H2;2*1-2,4,6-8,14H,3,5,9H2/t15-;14-,24?;2*13-;2*14-/m011010/s1. The zero-order valence-corrected chi connectivity index (χ0v) is 87.0. The summed E-state index contributed by atoms with van der Waals surface area (Å²) in [6.07, 6.45) is 0. The van der Waals surface area contributed by atoms with Crippen LogP contribution in [0.5, 0.6) is 0 Å². The minimum atomic E-state index is -3.32. The van der Waals surface area contributed by atoms with E-state index in [0.29, 0.717) is 35.8 Å². The molecule has 0 aliphatic carbocycles. The number of carbonyl (C=O) groups excluding carboxylic acids is 6. The molecule has 7 amide bonds. The molecule has 25 nitrogen and oxygen atoms in total. The number of nitrogens with zero attached hydrogens (tertiary/aromatic N) is 6. The fourth-order valence-electron chi connectivity index (χ4n) is 15.5. The van der Waals surface area contributed by atoms with Gasteiger partial charge in [0.05, 0.1) is 69.9 Å². The third-order valence-electron chi connectivity index (χ3n) is 22.9. The van der Waals surface area contributed by atoms with Crippen LogP contribution in [-0.2, 0) is 58.9 Å². The van der Waals surface area contributed by atoms with Gasteiger partial charge in [0, 0.05) is 151 Å². The first kappa shape index (κ1) is 108. The first-order valence-electron chi connectivity index (χ1n) is 41.9. The van der Waals surface area contributed by atoms with Crippen LogP contribution >= 0.6 is 138 Å². The summed E-state index contributed by atoms with van der Waals surface area (Å²) >= 11 is 42.8. The van der Waals surface area contributed by atoms with E-state index in [-0.39, 0.29) is 172 Å². The van der Waals surface area contributed by atoms with Crippen molar-refractivity contribution in [2.75, 3.05) is 118 Å². The number of thiophene rings is 6. The van der Waals surface area contributed by atoms with E-state index in [1.807, 2.05) is 41.9 Å². The van der Waals surface area contributed by atoms with E-state index in [0.717, 1.165) is 39.6 Å². The van der Waals surface area contributed by atoms with Crippen LogP contribution in [-0.4, -0.2) is 224 Å². The zero-order valence-electron chi connectivity index (χ0n) is 72.7. The summed E-state index contributed by atoms with van der Waals surface area (Å²) in [6.45, 7) is 3.17. The second-order valence-corrected chi connectivity index (χ2v) is 54.4. The Hall–Kier alpha value is -8.77. The highest BCUT2D eigenvalue weighted by Gasteiger charge is 2.44. The van der Waals surface area contributed by atoms with Crippen LogP contribution in [0.3, 0.4) is 0 Å². The van der Waals surface area contributed by atoms with Crippen LogP contribution < -0.4 is 5.32 Å². The molecule has 0 saturated carbocycles. The molecule has 0 bridgehead atoms. The highest BCUT2D eigenvalue weighted by atomic mass is 35.5. The smallest absolute Gasteiger partial charge is 0.321 e. The van der Waals surface area contributed by atoms with Crippen LogP contribution in [0.2, 0.25) is 30.1 Å². The molecule has 6 fully saturated rings. The lowest BCUT2D eigenvalue weighted by molar-refractivity contribution is 0.0745. The molecular weight excluding hydrogens is 2170 g/mol. The lowest BCUT2D eigenvalue weighted by Crippen LogP contribution is -2.46. The number of anilines is 1. The molecule has 0 spiro atoms. The number of amides is 7. The molecule has 738 valence electrons. The Labute approximate surface area is 853 Å². The van der Waals surface area contributed by atoms with E-state index in [4.69, 9.17) is 74.4 Å². The lowest BCUT2D eigenvalue weighted by atomic mass is 10.1. The van der Waals surface area contributed by atoms with Crippen LogP contribution in [0.4, 0.5) is 32.4 Å². The van der Waals surface area contributed by atoms with E-state index in [1.54, 1.807) is 93.2 Å². The monoisotopic (exact) mass is 2250 g/mol. The maximum absolute atomic E-state index is 14.0. The quantitative estimate of drug-likeness (QED) is 0.107. The molecule has 1 unspecified atom stereocenters. The van der Waals surface area contributed by atoms with Gasteiger partial charge in [0.2, 0.25) is 0 Å². The molecule has 7 atom stereocenters. The second-order valence-electron chi connectivity index (χ2n) is 32.0. The minimum absolute atomic E-state index is 0.00601. The van der Waals surface area contributed by atoms with E-state index in [9.17, 15) is 97.0 Å². The van der Waals surface area contributed by atoms with Crippen molar-refractivity contribution in [1.82, 2.24) is 29.4 Å². The first-order valence-corrected chi connectivity index (χ1v) is 59.8. The number of halogens is 11. The molecule has 139 heavy (non-hydrogen) atoms. The van der Waals surface area contributed by atoms with Crippen molar-refractivity contribution in [2.45, 2.75) is 38.4 Å². The largest absolute Gasteiger partial charge is 0.336 e. The van der Waals surface area contributed by atoms with Crippen LogP contribution in [0, 0.1) is 40.8 Å². The molecule has 48 heteroatoms. The Kier molecular flexibility index (Phi) is 35.8. The van der Waals surface area contributed by atoms with E-state index < -0.39 is 143 Å². The summed E-state index contributed by atoms with van der Waals surface area (Å²) in [5.74, 6) is -5.72. The molecule has 2 N–H and O–H groups in total. The number of sulfone groups is 5. The van der Waals surface area contributed by atoms with Crippen LogP contribution in [0.25, 0.3) is 0 Å². The summed E-state index contributed by atoms with van der Waals surface area (Å²) in [6, 6.07) is 45.7. The molecular formula is C91H83Cl6F5N8O17S12. The highest BCUT2D eigenvalue weighted by Crippen LogP contribution is 2.40. The predicted octanol–water partition coefficient (Wildman–Crippen LogP) is 20.1. The number of rotatable bonds is 12. The first-order chi connectivity index (χ1) is 65.8. The van der Waals surface area contributed by atoms with Gasteiger partial charge in [-0.1, -0.05) is 118 Å². The van der Waals surface area contributed by atoms with Gasteiger partial charge >= 0.3 is 6.03 Å². The summed E-state index contributed by atoms with van der Waals surface area (Å²) in [4.78, 5) is 88.5. The summed E-state index contributed by atoms with van der Waals surface area (Å²) in [5, 5.41) is 9.98. The summed E-state index contributed by atoms with van der Waals surface area (Å²) in [5.41, 5.74) is 1.72. The van der Waals surface area contributed by atoms with Gasteiger partial charge in [0.1, 0.15) is 43.7 Å². The fourth-order valence-corrected chi connectivity index (χ4v) is 34.2. The van der Waals surface area contributed by atoms with Crippen LogP contribution in [0.1, 0.15) is 118 Å². The molecule has 6 aromatic heterocycles. The highest BCUT2D eigenvalue weighted by molar-refractivity contribution is 7.93. The third-order valence-corrected chi connectivity index (χ3v) is 43.5. The van der Waals surface area contributed by atoms with E-state index in [2.05, 4.69) is 5.32 Å². The minimum Gasteiger partial charge on any atom is -0.336 e. The van der Waals surface area contributed by atoms with Crippen molar-refractivity contribution in [3.8, 4) is 0 Å². The van der Waals surface area contributed by atoms with Crippen molar-refractivity contribution < 1.29 is 97.0 Å². The van der Waals surface area contributed by atoms with Gasteiger partial charge in [-0.15, -0.1) is 68.0 Å². The summed E-state index contributed by atoms with van der Waals surface area (Å²) in [7, 11) is -19.2. The Morgan fingerprint density at radius 2 is 0.633 bits per heavy atom. The van der Waals surface area contributed by atoms with Gasteiger partial charge < -0.3 is 34.7 Å². The fraction of sp³-hybridized carbons (Fsp3) is 0.275. The normalized spacial score (nSPS) is 21.0. The Balaban J connectivity index is 0.000000141. The lowest BCUT2D eigenvalue weighted by Gasteiger charge is -2.33. The van der Waals surface area contributed by atoms with Crippen molar-refractivity contribution >= 4 is 238 Å². The average Bonchev–Trinajstić information content (AvgIpc) is 1.80. The zero-order chi connectivity index (χ0) is 100. The number of nitrogens with one attached hydrogen (secondary N) is 2. The maximum Gasteiger partial charge on any atom is 0.321 e. The van der Waals surface area contributed by atoms with Gasteiger partial charge in [-0.3, -0.25) is 28.8 Å². The second kappa shape index (κ2) is 46.3. The Morgan fingerprint density at radius 1 is 0.324 bits per heavy atom. The van der Waals surface area contributed by atoms with E-state index >= 15 is 0 Å². The Morgan fingerprint density at radius 3 is 0.942 bits per heavy atom. The number of urea groups is 1. The van der Waals surface area contributed by atoms with Crippen molar-refractivity contribution in [1.29, 1.82) is 4.78 Å². The number of hydrogen-bond donors (Lipinski definition) is 2. The number of carbonyl (C=O) groups is 6. The van der Waals surface area contributed by atoms with Gasteiger partial charge in [-0.25, -0.2) is 73.0 Å². The molecule has 6 aliphatic rings. The van der Waals surface area contributed by atoms with Crippen molar-refractivity contribution in [2.24, 2.45) is 0 Å². The van der Waals surface area contributed by atoms with Crippen molar-refractivity contribution in [3.63, 3.8) is 0 Å². The van der Waals surface area contributed by atoms with Gasteiger partial charge in [0.15, 0.2) is 60.8 Å². The van der Waals surface area contributed by atoms with Crippen molar-refractivity contribution in [3.05, 3.63) is 336 Å². The molecule has 12 aromatic rings. The van der Waals surface area contributed by atoms with Gasteiger partial charge in [-0.05, 0) is 178 Å². The molecule has 18 rings (SSSR count). The SMILES string of the molecule is Cc1cc(Cl)ccc1C(=O)N1CCS(=O)(=O)[C@H](c2cccs2)C1.N=S1(=O)CCN(C(=O)Nc2ccc(F)c(Cl)c2)C[C@@H]1c1cccs1.O=C(c1cc(F)cc(Cl)c1)N1CCS(=O)(=O)[C@@H](c2cccs2)C1.O=C(c1cc(F)cc(Cl)c1)N1CCS(=O)(=O)[C@H](c2cccs2)C1.O=C(c1cccc(Cl)c1F)N1CCS(=O)(=O)[C@@H](c2cccs2)C1.O=C(c1cccc(Cl)c1F)N1CCS(=O)(=O)[C@H](c2cccs2)C1. The molecule has 6 aromatic carbocycles. The average molecular weight is 2250 g/mol. The third kappa shape index (κ3) is 26.8. The summed E-state index contributed by atoms with van der Waals surface area (Å²) < 4.78 is 212. The maximum atomic E-state index is 14.0. The number of hydrogen-bond acceptors (Lipinski definition) is 24. The molecule has 6 aliphatic heterocycles. The van der Waals surface area contributed by atoms with Gasteiger partial charge in [-0.2, -0.15) is 0 Å². The number of aryl methyl sites for hydroxylation is 1. The van der Waals surface area contributed by atoms with E-state index in [1.165, 1.54) is 159 Å². The van der Waals surface area contributed by atoms with Gasteiger partial charge in [0.25, 0.3) is 29.5 Å². The predicted molar refractivity (Wildman–Crippen MR) is 540 cm³/mol. The number of benzene rings is 6. The van der Waals surface area contributed by atoms with Crippen LogP contribution in [0.15, 0.2) is 214 Å². The molecule has 12 heterocycles. The molecule has 0 radical (unpaired) electrons.